The number of hydrogen-bond acceptors (Lipinski definition) is 3. The van der Waals surface area contributed by atoms with Crippen LogP contribution in [0.4, 0.5) is 0 Å². The first-order chi connectivity index (χ1) is 9.15. The third-order valence-corrected chi connectivity index (χ3v) is 5.84. The Morgan fingerprint density at radius 1 is 1.47 bits per heavy atom. The van der Waals surface area contributed by atoms with Crippen molar-refractivity contribution >= 4 is 17.7 Å². The first-order valence-corrected chi connectivity index (χ1v) is 8.78. The summed E-state index contributed by atoms with van der Waals surface area (Å²) in [5, 5.41) is 3.46. The second-order valence-corrected chi connectivity index (χ2v) is 7.74. The van der Waals surface area contributed by atoms with E-state index in [4.69, 9.17) is 0 Å². The van der Waals surface area contributed by atoms with Crippen LogP contribution in [-0.2, 0) is 4.79 Å². The van der Waals surface area contributed by atoms with Gasteiger partial charge in [0, 0.05) is 13.1 Å². The molecule has 4 heteroatoms. The van der Waals surface area contributed by atoms with Crippen molar-refractivity contribution in [1.29, 1.82) is 0 Å². The monoisotopic (exact) mass is 284 g/mol. The molecule has 0 aromatic heterocycles. The fourth-order valence-corrected chi connectivity index (χ4v) is 4.50. The molecule has 2 unspecified atom stereocenters. The highest BCUT2D eigenvalue weighted by molar-refractivity contribution is 8.01. The Hall–Kier alpha value is -0.220. The number of nitrogens with one attached hydrogen (secondary N) is 1. The zero-order valence-corrected chi connectivity index (χ0v) is 13.2. The molecule has 0 bridgehead atoms. The molecule has 2 fully saturated rings. The topological polar surface area (TPSA) is 32.3 Å². The predicted octanol–water partition coefficient (Wildman–Crippen LogP) is 2.51. The molecule has 0 spiro atoms. The quantitative estimate of drug-likeness (QED) is 0.842. The molecule has 2 atom stereocenters. The van der Waals surface area contributed by atoms with Crippen molar-refractivity contribution in [3.8, 4) is 0 Å². The maximum atomic E-state index is 12.8. The zero-order valence-electron chi connectivity index (χ0n) is 12.4. The summed E-state index contributed by atoms with van der Waals surface area (Å²) in [4.78, 5) is 15.0. The van der Waals surface area contributed by atoms with Gasteiger partial charge in [-0.25, -0.2) is 0 Å². The van der Waals surface area contributed by atoms with Gasteiger partial charge in [-0.1, -0.05) is 6.92 Å². The molecule has 1 N–H and O–H groups in total. The fourth-order valence-electron chi connectivity index (χ4n) is 3.22. The standard InChI is InChI=1S/C15H28N2OS/c1-3-9-17(12-13-6-4-8-16-11-13)14(18)15(2)7-5-10-19-15/h13,16H,3-12H2,1-2H3. The molecule has 1 amide bonds. The van der Waals surface area contributed by atoms with Crippen LogP contribution in [0.2, 0.25) is 0 Å². The van der Waals surface area contributed by atoms with E-state index in [2.05, 4.69) is 24.1 Å². The maximum absolute atomic E-state index is 12.8. The van der Waals surface area contributed by atoms with Crippen molar-refractivity contribution in [3.63, 3.8) is 0 Å². The zero-order chi connectivity index (χ0) is 13.7. The van der Waals surface area contributed by atoms with Gasteiger partial charge in [-0.05, 0) is 63.8 Å². The first-order valence-electron chi connectivity index (χ1n) is 7.80. The minimum atomic E-state index is -0.142. The molecule has 2 rings (SSSR count). The minimum Gasteiger partial charge on any atom is -0.341 e. The average Bonchev–Trinajstić information content (AvgIpc) is 2.87. The number of carbonyl (C=O) groups is 1. The van der Waals surface area contributed by atoms with Crippen LogP contribution in [0.3, 0.4) is 0 Å². The lowest BCUT2D eigenvalue weighted by Gasteiger charge is -2.35. The van der Waals surface area contributed by atoms with Crippen molar-refractivity contribution in [2.45, 2.75) is 50.7 Å². The molecule has 2 saturated heterocycles. The van der Waals surface area contributed by atoms with E-state index in [0.717, 1.165) is 44.8 Å². The third kappa shape index (κ3) is 3.88. The van der Waals surface area contributed by atoms with Gasteiger partial charge in [-0.2, -0.15) is 0 Å². The lowest BCUT2D eigenvalue weighted by molar-refractivity contribution is -0.134. The van der Waals surface area contributed by atoms with E-state index >= 15 is 0 Å². The molecule has 0 aromatic rings. The summed E-state index contributed by atoms with van der Waals surface area (Å²) >= 11 is 1.86. The van der Waals surface area contributed by atoms with Crippen LogP contribution in [0.1, 0.15) is 46.0 Å². The highest BCUT2D eigenvalue weighted by atomic mass is 32.2. The number of rotatable bonds is 5. The summed E-state index contributed by atoms with van der Waals surface area (Å²) in [5.74, 6) is 2.19. The molecule has 2 aliphatic heterocycles. The molecule has 2 heterocycles. The highest BCUT2D eigenvalue weighted by Gasteiger charge is 2.40. The number of amides is 1. The Balaban J connectivity index is 1.95. The summed E-state index contributed by atoms with van der Waals surface area (Å²) in [6.07, 6.45) is 5.83. The third-order valence-electron chi connectivity index (χ3n) is 4.33. The van der Waals surface area contributed by atoms with Crippen molar-refractivity contribution < 1.29 is 4.79 Å². The molecule has 0 aromatic carbocycles. The van der Waals surface area contributed by atoms with Gasteiger partial charge in [0.1, 0.15) is 0 Å². The average molecular weight is 284 g/mol. The fraction of sp³-hybridized carbons (Fsp3) is 0.933. The van der Waals surface area contributed by atoms with Gasteiger partial charge in [-0.3, -0.25) is 4.79 Å². The molecule has 0 radical (unpaired) electrons. The second kappa shape index (κ2) is 6.98. The van der Waals surface area contributed by atoms with Gasteiger partial charge < -0.3 is 10.2 Å². The van der Waals surface area contributed by atoms with Gasteiger partial charge in [-0.15, -0.1) is 11.8 Å². The van der Waals surface area contributed by atoms with Gasteiger partial charge in [0.25, 0.3) is 0 Å². The van der Waals surface area contributed by atoms with E-state index in [1.165, 1.54) is 19.3 Å². The summed E-state index contributed by atoms with van der Waals surface area (Å²) in [6, 6.07) is 0. The van der Waals surface area contributed by atoms with Crippen molar-refractivity contribution in [3.05, 3.63) is 0 Å². The lowest BCUT2D eigenvalue weighted by atomic mass is 9.97. The normalized spacial score (nSPS) is 31.4. The second-order valence-electron chi connectivity index (χ2n) is 6.15. The van der Waals surface area contributed by atoms with Gasteiger partial charge in [0.05, 0.1) is 4.75 Å². The summed E-state index contributed by atoms with van der Waals surface area (Å²) < 4.78 is -0.142. The number of carbonyl (C=O) groups excluding carboxylic acids is 1. The molecular formula is C15H28N2OS. The highest BCUT2D eigenvalue weighted by Crippen LogP contribution is 2.39. The predicted molar refractivity (Wildman–Crippen MR) is 82.6 cm³/mol. The Labute approximate surface area is 121 Å². The molecule has 2 aliphatic rings. The van der Waals surface area contributed by atoms with Gasteiger partial charge in [0.15, 0.2) is 0 Å². The summed E-state index contributed by atoms with van der Waals surface area (Å²) in [7, 11) is 0. The molecule has 0 aliphatic carbocycles. The maximum Gasteiger partial charge on any atom is 0.238 e. The molecule has 19 heavy (non-hydrogen) atoms. The van der Waals surface area contributed by atoms with Crippen molar-refractivity contribution in [1.82, 2.24) is 10.2 Å². The summed E-state index contributed by atoms with van der Waals surface area (Å²) in [6.45, 7) is 8.42. The Bertz CT molecular complexity index is 297. The van der Waals surface area contributed by atoms with E-state index in [1.807, 2.05) is 11.8 Å². The first kappa shape index (κ1) is 15.2. The van der Waals surface area contributed by atoms with E-state index in [9.17, 15) is 4.79 Å². The van der Waals surface area contributed by atoms with Crippen LogP contribution >= 0.6 is 11.8 Å². The molecule has 0 saturated carbocycles. The van der Waals surface area contributed by atoms with Crippen molar-refractivity contribution in [2.75, 3.05) is 31.9 Å². The molecule has 110 valence electrons. The van der Waals surface area contributed by atoms with E-state index in [1.54, 1.807) is 0 Å². The summed E-state index contributed by atoms with van der Waals surface area (Å²) in [5.41, 5.74) is 0. The van der Waals surface area contributed by atoms with E-state index < -0.39 is 0 Å². The van der Waals surface area contributed by atoms with Crippen LogP contribution in [0.25, 0.3) is 0 Å². The minimum absolute atomic E-state index is 0.142. The van der Waals surface area contributed by atoms with Crippen LogP contribution in [0.15, 0.2) is 0 Å². The molecule has 3 nitrogen and oxygen atoms in total. The number of thioether (sulfide) groups is 1. The number of hydrogen-bond donors (Lipinski definition) is 1. The van der Waals surface area contributed by atoms with Crippen molar-refractivity contribution in [2.24, 2.45) is 5.92 Å². The van der Waals surface area contributed by atoms with Crippen LogP contribution in [-0.4, -0.2) is 47.5 Å². The van der Waals surface area contributed by atoms with Crippen LogP contribution < -0.4 is 5.32 Å². The van der Waals surface area contributed by atoms with E-state index in [0.29, 0.717) is 11.8 Å². The van der Waals surface area contributed by atoms with Crippen LogP contribution in [0, 0.1) is 5.92 Å². The van der Waals surface area contributed by atoms with E-state index in [-0.39, 0.29) is 4.75 Å². The van der Waals surface area contributed by atoms with Gasteiger partial charge in [0.2, 0.25) is 5.91 Å². The Morgan fingerprint density at radius 2 is 2.32 bits per heavy atom. The smallest absolute Gasteiger partial charge is 0.238 e. The largest absolute Gasteiger partial charge is 0.341 e. The molecular weight excluding hydrogens is 256 g/mol. The lowest BCUT2D eigenvalue weighted by Crippen LogP contribution is -2.48. The number of nitrogens with zero attached hydrogens (tertiary/aromatic N) is 1. The Kier molecular flexibility index (Phi) is 5.58. The SMILES string of the molecule is CCCN(CC1CCCNC1)C(=O)C1(C)CCCS1. The number of piperidine rings is 1. The van der Waals surface area contributed by atoms with Gasteiger partial charge >= 0.3 is 0 Å². The van der Waals surface area contributed by atoms with Crippen LogP contribution in [0.5, 0.6) is 0 Å². The Morgan fingerprint density at radius 3 is 2.89 bits per heavy atom.